The number of aliphatic carboxylic acids is 1. The number of aromatic nitrogens is 1. The van der Waals surface area contributed by atoms with E-state index >= 15 is 0 Å². The second-order valence-corrected chi connectivity index (χ2v) is 7.92. The highest BCUT2D eigenvalue weighted by Crippen LogP contribution is 2.21. The number of hydrogen-bond acceptors (Lipinski definition) is 5. The molecule has 9 heteroatoms. The molecule has 1 aromatic carbocycles. The van der Waals surface area contributed by atoms with E-state index in [1.54, 1.807) is 0 Å². The highest BCUT2D eigenvalue weighted by atomic mass is 35.5. The Bertz CT molecular complexity index is 897. The van der Waals surface area contributed by atoms with Crippen LogP contribution >= 0.6 is 23.2 Å². The first-order valence-electron chi connectivity index (χ1n) is 7.07. The monoisotopic (exact) mass is 400 g/mol. The molecule has 2 N–H and O–H groups in total. The summed E-state index contributed by atoms with van der Waals surface area (Å²) in [5.41, 5.74) is 0.520. The maximum absolute atomic E-state index is 12.2. The number of hydrogen-bond donors (Lipinski definition) is 2. The molecule has 0 saturated carbocycles. The number of pyridine rings is 1. The van der Waals surface area contributed by atoms with Gasteiger partial charge in [-0.3, -0.25) is 0 Å². The Labute approximate surface area is 155 Å². The van der Waals surface area contributed by atoms with Gasteiger partial charge >= 0.3 is 5.97 Å². The van der Waals surface area contributed by atoms with Crippen LogP contribution in [0.25, 0.3) is 6.08 Å². The predicted octanol–water partition coefficient (Wildman–Crippen LogP) is 3.37. The van der Waals surface area contributed by atoms with Gasteiger partial charge in [0.25, 0.3) is 0 Å². The Morgan fingerprint density at radius 3 is 2.52 bits per heavy atom. The van der Waals surface area contributed by atoms with Crippen LogP contribution in [-0.4, -0.2) is 36.8 Å². The molecule has 1 heterocycles. The number of rotatable bonds is 7. The molecule has 2 aromatic rings. The fourth-order valence-electron chi connectivity index (χ4n) is 1.91. The average molecular weight is 401 g/mol. The largest absolute Gasteiger partial charge is 0.478 e. The van der Waals surface area contributed by atoms with E-state index in [1.165, 1.54) is 42.6 Å². The molecule has 132 valence electrons. The Balaban J connectivity index is 1.99. The summed E-state index contributed by atoms with van der Waals surface area (Å²) in [6, 6.07) is 7.47. The van der Waals surface area contributed by atoms with E-state index in [1.807, 2.05) is 0 Å². The summed E-state index contributed by atoms with van der Waals surface area (Å²) in [7, 11) is -3.45. The molecule has 0 unspecified atom stereocenters. The van der Waals surface area contributed by atoms with Crippen molar-refractivity contribution >= 4 is 50.9 Å². The molecule has 0 atom stereocenters. The van der Waals surface area contributed by atoms with Crippen LogP contribution in [-0.2, 0) is 14.6 Å². The summed E-state index contributed by atoms with van der Waals surface area (Å²) in [4.78, 5) is 14.7. The highest BCUT2D eigenvalue weighted by Gasteiger charge is 2.14. The molecular weight excluding hydrogens is 387 g/mol. The fourth-order valence-corrected chi connectivity index (χ4v) is 3.43. The van der Waals surface area contributed by atoms with Gasteiger partial charge in [-0.05, 0) is 42.0 Å². The molecule has 2 rings (SSSR count). The quantitative estimate of drug-likeness (QED) is 0.691. The van der Waals surface area contributed by atoms with Crippen molar-refractivity contribution in [2.24, 2.45) is 0 Å². The maximum Gasteiger partial charge on any atom is 0.328 e. The van der Waals surface area contributed by atoms with E-state index in [2.05, 4.69) is 10.3 Å². The van der Waals surface area contributed by atoms with Crippen LogP contribution in [0.2, 0.25) is 10.0 Å². The molecule has 0 aliphatic rings. The Morgan fingerprint density at radius 2 is 1.92 bits per heavy atom. The lowest BCUT2D eigenvalue weighted by Gasteiger charge is -2.09. The van der Waals surface area contributed by atoms with Gasteiger partial charge in [0, 0.05) is 23.8 Å². The number of anilines is 1. The predicted molar refractivity (Wildman–Crippen MR) is 97.9 cm³/mol. The Hall–Kier alpha value is -2.09. The molecule has 0 aliphatic heterocycles. The molecule has 0 amide bonds. The number of benzene rings is 1. The number of nitrogens with zero attached hydrogens (tertiary/aromatic N) is 1. The second kappa shape index (κ2) is 8.33. The van der Waals surface area contributed by atoms with E-state index in [-0.39, 0.29) is 22.2 Å². The van der Waals surface area contributed by atoms with Gasteiger partial charge in [0.15, 0.2) is 9.84 Å². The van der Waals surface area contributed by atoms with E-state index < -0.39 is 15.8 Å². The number of carbonyl (C=O) groups is 1. The number of carboxylic acids is 1. The fraction of sp³-hybridized carbons (Fsp3) is 0.125. The molecule has 6 nitrogen and oxygen atoms in total. The minimum Gasteiger partial charge on any atom is -0.478 e. The molecular formula is C16H14Cl2N2O4S. The van der Waals surface area contributed by atoms with Gasteiger partial charge < -0.3 is 10.4 Å². The number of sulfone groups is 1. The Kier molecular flexibility index (Phi) is 6.41. The molecule has 0 saturated heterocycles. The summed E-state index contributed by atoms with van der Waals surface area (Å²) < 4.78 is 24.4. The van der Waals surface area contributed by atoms with Crippen LogP contribution in [0.3, 0.4) is 0 Å². The molecule has 0 spiro atoms. The van der Waals surface area contributed by atoms with Gasteiger partial charge in [0.05, 0.1) is 15.7 Å². The number of nitrogens with one attached hydrogen (secondary N) is 1. The first kappa shape index (κ1) is 19.2. The van der Waals surface area contributed by atoms with Crippen molar-refractivity contribution in [2.75, 3.05) is 17.6 Å². The molecule has 0 aliphatic carbocycles. The first-order valence-corrected chi connectivity index (χ1v) is 9.47. The van der Waals surface area contributed by atoms with Gasteiger partial charge in [-0.15, -0.1) is 0 Å². The van der Waals surface area contributed by atoms with Gasteiger partial charge in [0.2, 0.25) is 0 Å². The van der Waals surface area contributed by atoms with Crippen molar-refractivity contribution in [3.05, 3.63) is 58.2 Å². The van der Waals surface area contributed by atoms with E-state index in [0.717, 1.165) is 6.08 Å². The van der Waals surface area contributed by atoms with Crippen molar-refractivity contribution in [2.45, 2.75) is 4.90 Å². The maximum atomic E-state index is 12.2. The third-order valence-corrected chi connectivity index (χ3v) is 5.39. The van der Waals surface area contributed by atoms with Crippen LogP contribution in [0, 0.1) is 0 Å². The van der Waals surface area contributed by atoms with Gasteiger partial charge in [-0.1, -0.05) is 23.2 Å². The topological polar surface area (TPSA) is 96.4 Å². The SMILES string of the molecule is O=C(O)/C=C/c1cnc(NCCS(=O)(=O)c2ccc(Cl)cc2)c(Cl)c1. The molecule has 1 aromatic heterocycles. The first-order chi connectivity index (χ1) is 11.8. The van der Waals surface area contributed by atoms with Gasteiger partial charge in [-0.2, -0.15) is 0 Å². The van der Waals surface area contributed by atoms with Crippen molar-refractivity contribution in [1.29, 1.82) is 0 Å². The molecule has 0 fully saturated rings. The van der Waals surface area contributed by atoms with Crippen LogP contribution in [0.4, 0.5) is 5.82 Å². The van der Waals surface area contributed by atoms with Crippen molar-refractivity contribution < 1.29 is 18.3 Å². The van der Waals surface area contributed by atoms with Crippen molar-refractivity contribution in [1.82, 2.24) is 4.98 Å². The van der Waals surface area contributed by atoms with E-state index in [9.17, 15) is 13.2 Å². The standard InChI is InChI=1S/C16H14Cl2N2O4S/c17-12-2-4-13(5-3-12)25(23,24)8-7-19-16-14(18)9-11(10-20-16)1-6-15(21)22/h1-6,9-10H,7-8H2,(H,19,20)(H,21,22)/b6-1+. The number of carboxylic acid groups (broad SMARTS) is 1. The number of halogens is 2. The van der Waals surface area contributed by atoms with Crippen LogP contribution in [0.1, 0.15) is 5.56 Å². The van der Waals surface area contributed by atoms with Crippen LogP contribution < -0.4 is 5.32 Å². The summed E-state index contributed by atoms with van der Waals surface area (Å²) >= 11 is 11.8. The minimum absolute atomic E-state index is 0.113. The molecule has 25 heavy (non-hydrogen) atoms. The summed E-state index contributed by atoms with van der Waals surface area (Å²) in [5, 5.41) is 12.2. The zero-order valence-electron chi connectivity index (χ0n) is 12.8. The molecule has 0 radical (unpaired) electrons. The normalized spacial score (nSPS) is 11.6. The Morgan fingerprint density at radius 1 is 1.24 bits per heavy atom. The lowest BCUT2D eigenvalue weighted by atomic mass is 10.2. The summed E-state index contributed by atoms with van der Waals surface area (Å²) in [6.45, 7) is 0.113. The summed E-state index contributed by atoms with van der Waals surface area (Å²) in [5.74, 6) is -0.904. The van der Waals surface area contributed by atoms with Crippen LogP contribution in [0.15, 0.2) is 47.5 Å². The van der Waals surface area contributed by atoms with Crippen molar-refractivity contribution in [3.63, 3.8) is 0 Å². The lowest BCUT2D eigenvalue weighted by Crippen LogP contribution is -2.16. The van der Waals surface area contributed by atoms with Gasteiger partial charge in [-0.25, -0.2) is 18.2 Å². The van der Waals surface area contributed by atoms with E-state index in [4.69, 9.17) is 28.3 Å². The summed E-state index contributed by atoms with van der Waals surface area (Å²) in [6.07, 6.45) is 3.76. The average Bonchev–Trinajstić information content (AvgIpc) is 2.55. The smallest absolute Gasteiger partial charge is 0.328 e. The zero-order valence-corrected chi connectivity index (χ0v) is 15.1. The van der Waals surface area contributed by atoms with Crippen LogP contribution in [0.5, 0.6) is 0 Å². The van der Waals surface area contributed by atoms with E-state index in [0.29, 0.717) is 16.4 Å². The third kappa shape index (κ3) is 5.74. The second-order valence-electron chi connectivity index (χ2n) is 4.97. The highest BCUT2D eigenvalue weighted by molar-refractivity contribution is 7.91. The zero-order chi connectivity index (χ0) is 18.4. The van der Waals surface area contributed by atoms with Gasteiger partial charge in [0.1, 0.15) is 5.82 Å². The lowest BCUT2D eigenvalue weighted by molar-refractivity contribution is -0.131. The minimum atomic E-state index is -3.45. The molecule has 0 bridgehead atoms. The van der Waals surface area contributed by atoms with Crippen molar-refractivity contribution in [3.8, 4) is 0 Å². The third-order valence-electron chi connectivity index (χ3n) is 3.12.